The zero-order valence-electron chi connectivity index (χ0n) is 8.33. The highest BCUT2D eigenvalue weighted by molar-refractivity contribution is 7.12. The zero-order chi connectivity index (χ0) is 10.8. The number of aryl methyl sites for hydroxylation is 1. The van der Waals surface area contributed by atoms with Crippen molar-refractivity contribution in [1.82, 2.24) is 4.98 Å². The van der Waals surface area contributed by atoms with E-state index in [-0.39, 0.29) is 0 Å². The van der Waals surface area contributed by atoms with E-state index < -0.39 is 0 Å². The maximum atomic E-state index is 5.84. The molecule has 2 rings (SSSR count). The summed E-state index contributed by atoms with van der Waals surface area (Å²) < 4.78 is 0. The molecule has 1 aromatic carbocycles. The van der Waals surface area contributed by atoms with Gasteiger partial charge in [-0.3, -0.25) is 0 Å². The van der Waals surface area contributed by atoms with Crippen molar-refractivity contribution in [3.05, 3.63) is 39.2 Å². The summed E-state index contributed by atoms with van der Waals surface area (Å²) >= 11 is 7.48. The molecule has 0 atom stereocenters. The maximum absolute atomic E-state index is 5.84. The summed E-state index contributed by atoms with van der Waals surface area (Å²) in [5, 5.41) is 1.78. The van der Waals surface area contributed by atoms with Gasteiger partial charge in [0.15, 0.2) is 0 Å². The lowest BCUT2D eigenvalue weighted by Crippen LogP contribution is -1.95. The second-order valence-corrected chi connectivity index (χ2v) is 4.94. The fraction of sp³-hybridized carbons (Fsp3) is 0.182. The zero-order valence-corrected chi connectivity index (χ0v) is 9.90. The average Bonchev–Trinajstić information content (AvgIpc) is 2.61. The Labute approximate surface area is 97.7 Å². The van der Waals surface area contributed by atoms with Gasteiger partial charge in [-0.15, -0.1) is 11.3 Å². The smallest absolute Gasteiger partial charge is 0.0905 e. The maximum Gasteiger partial charge on any atom is 0.0905 e. The van der Waals surface area contributed by atoms with Crippen molar-refractivity contribution in [1.29, 1.82) is 0 Å². The van der Waals surface area contributed by atoms with Gasteiger partial charge in [0, 0.05) is 22.0 Å². The van der Waals surface area contributed by atoms with E-state index in [4.69, 9.17) is 17.3 Å². The number of hydrogen-bond acceptors (Lipinski definition) is 3. The minimum Gasteiger partial charge on any atom is -0.326 e. The molecular formula is C11H11ClN2S. The van der Waals surface area contributed by atoms with Gasteiger partial charge >= 0.3 is 0 Å². The first kappa shape index (κ1) is 10.6. The SMILES string of the molecule is Cc1nc(-c2ccc(Cl)cc2)c(CN)s1. The summed E-state index contributed by atoms with van der Waals surface area (Å²) in [6.07, 6.45) is 0. The van der Waals surface area contributed by atoms with Gasteiger partial charge in [0.1, 0.15) is 0 Å². The van der Waals surface area contributed by atoms with E-state index in [1.54, 1.807) is 11.3 Å². The number of aromatic nitrogens is 1. The Kier molecular flexibility index (Phi) is 3.05. The van der Waals surface area contributed by atoms with E-state index in [0.717, 1.165) is 26.2 Å². The number of hydrogen-bond donors (Lipinski definition) is 1. The molecule has 0 aliphatic carbocycles. The van der Waals surface area contributed by atoms with Crippen LogP contribution in [0.4, 0.5) is 0 Å². The van der Waals surface area contributed by atoms with Crippen LogP contribution in [0.2, 0.25) is 5.02 Å². The monoisotopic (exact) mass is 238 g/mol. The van der Waals surface area contributed by atoms with E-state index in [1.807, 2.05) is 31.2 Å². The van der Waals surface area contributed by atoms with E-state index >= 15 is 0 Å². The summed E-state index contributed by atoms with van der Waals surface area (Å²) in [5.74, 6) is 0. The van der Waals surface area contributed by atoms with Gasteiger partial charge in [0.25, 0.3) is 0 Å². The molecule has 0 saturated carbocycles. The quantitative estimate of drug-likeness (QED) is 0.873. The van der Waals surface area contributed by atoms with Crippen LogP contribution in [-0.2, 0) is 6.54 Å². The molecule has 15 heavy (non-hydrogen) atoms. The van der Waals surface area contributed by atoms with Gasteiger partial charge in [0.05, 0.1) is 10.7 Å². The van der Waals surface area contributed by atoms with Gasteiger partial charge in [-0.05, 0) is 19.1 Å². The topological polar surface area (TPSA) is 38.9 Å². The second-order valence-electron chi connectivity index (χ2n) is 3.22. The summed E-state index contributed by atoms with van der Waals surface area (Å²) in [5.41, 5.74) is 7.73. The van der Waals surface area contributed by atoms with Gasteiger partial charge in [0.2, 0.25) is 0 Å². The number of thiazole rings is 1. The molecule has 0 aliphatic heterocycles. The Hall–Kier alpha value is -0.900. The molecular weight excluding hydrogens is 228 g/mol. The number of benzene rings is 1. The first-order chi connectivity index (χ1) is 7.20. The summed E-state index contributed by atoms with van der Waals surface area (Å²) in [4.78, 5) is 5.60. The van der Waals surface area contributed by atoms with Crippen molar-refractivity contribution in [3.63, 3.8) is 0 Å². The molecule has 0 saturated heterocycles. The first-order valence-electron chi connectivity index (χ1n) is 4.63. The van der Waals surface area contributed by atoms with Crippen molar-refractivity contribution in [2.24, 2.45) is 5.73 Å². The molecule has 78 valence electrons. The summed E-state index contributed by atoms with van der Waals surface area (Å²) in [7, 11) is 0. The molecule has 4 heteroatoms. The lowest BCUT2D eigenvalue weighted by Gasteiger charge is -1.99. The lowest BCUT2D eigenvalue weighted by atomic mass is 10.1. The van der Waals surface area contributed by atoms with Crippen LogP contribution in [0.15, 0.2) is 24.3 Å². The van der Waals surface area contributed by atoms with Gasteiger partial charge < -0.3 is 5.73 Å². The molecule has 1 aromatic heterocycles. The van der Waals surface area contributed by atoms with Crippen molar-refractivity contribution < 1.29 is 0 Å². The number of nitrogens with zero attached hydrogens (tertiary/aromatic N) is 1. The van der Waals surface area contributed by atoms with E-state index in [1.165, 1.54) is 0 Å². The molecule has 1 heterocycles. The van der Waals surface area contributed by atoms with E-state index in [2.05, 4.69) is 4.98 Å². The molecule has 0 aliphatic rings. The molecule has 2 N–H and O–H groups in total. The summed E-state index contributed by atoms with van der Waals surface area (Å²) in [6, 6.07) is 7.67. The average molecular weight is 239 g/mol. The van der Waals surface area contributed by atoms with Crippen LogP contribution >= 0.6 is 22.9 Å². The Morgan fingerprint density at radius 1 is 1.33 bits per heavy atom. The highest BCUT2D eigenvalue weighted by atomic mass is 35.5. The van der Waals surface area contributed by atoms with Crippen LogP contribution in [0, 0.1) is 6.92 Å². The fourth-order valence-corrected chi connectivity index (χ4v) is 2.40. The van der Waals surface area contributed by atoms with Crippen LogP contribution in [0.5, 0.6) is 0 Å². The highest BCUT2D eigenvalue weighted by Gasteiger charge is 2.09. The Morgan fingerprint density at radius 3 is 2.60 bits per heavy atom. The second kappa shape index (κ2) is 4.31. The van der Waals surface area contributed by atoms with Gasteiger partial charge in [-0.1, -0.05) is 23.7 Å². The van der Waals surface area contributed by atoms with Crippen LogP contribution in [0.1, 0.15) is 9.88 Å². The largest absolute Gasteiger partial charge is 0.326 e. The van der Waals surface area contributed by atoms with Crippen LogP contribution in [-0.4, -0.2) is 4.98 Å². The van der Waals surface area contributed by atoms with Gasteiger partial charge in [-0.2, -0.15) is 0 Å². The van der Waals surface area contributed by atoms with Crippen molar-refractivity contribution in [2.75, 3.05) is 0 Å². The third-order valence-electron chi connectivity index (χ3n) is 2.11. The van der Waals surface area contributed by atoms with Crippen LogP contribution in [0.3, 0.4) is 0 Å². The summed E-state index contributed by atoms with van der Waals surface area (Å²) in [6.45, 7) is 2.52. The third kappa shape index (κ3) is 2.20. The lowest BCUT2D eigenvalue weighted by molar-refractivity contribution is 1.10. The number of rotatable bonds is 2. The normalized spacial score (nSPS) is 10.6. The molecule has 2 nitrogen and oxygen atoms in total. The van der Waals surface area contributed by atoms with Crippen molar-refractivity contribution >= 4 is 22.9 Å². The predicted molar refractivity (Wildman–Crippen MR) is 65.2 cm³/mol. The van der Waals surface area contributed by atoms with Crippen molar-refractivity contribution in [2.45, 2.75) is 13.5 Å². The highest BCUT2D eigenvalue weighted by Crippen LogP contribution is 2.28. The number of halogens is 1. The van der Waals surface area contributed by atoms with Gasteiger partial charge in [-0.25, -0.2) is 4.98 Å². The van der Waals surface area contributed by atoms with Crippen LogP contribution < -0.4 is 5.73 Å². The molecule has 0 fully saturated rings. The Morgan fingerprint density at radius 2 is 2.00 bits per heavy atom. The molecule has 0 amide bonds. The van der Waals surface area contributed by atoms with Crippen LogP contribution in [0.25, 0.3) is 11.3 Å². The molecule has 0 bridgehead atoms. The van der Waals surface area contributed by atoms with E-state index in [0.29, 0.717) is 6.54 Å². The number of nitrogens with two attached hydrogens (primary N) is 1. The minimum absolute atomic E-state index is 0.531. The van der Waals surface area contributed by atoms with Crippen molar-refractivity contribution in [3.8, 4) is 11.3 Å². The van der Waals surface area contributed by atoms with E-state index in [9.17, 15) is 0 Å². The fourth-order valence-electron chi connectivity index (χ4n) is 1.44. The molecule has 0 radical (unpaired) electrons. The molecule has 0 unspecified atom stereocenters. The Balaban J connectivity index is 2.48. The third-order valence-corrected chi connectivity index (χ3v) is 3.35. The minimum atomic E-state index is 0.531. The first-order valence-corrected chi connectivity index (χ1v) is 5.82. The predicted octanol–water partition coefficient (Wildman–Crippen LogP) is 3.23. The molecule has 0 spiro atoms. The standard InChI is InChI=1S/C11H11ClN2S/c1-7-14-11(10(6-13)15-7)8-2-4-9(12)5-3-8/h2-5H,6,13H2,1H3. The Bertz CT molecular complexity index is 462. The molecule has 2 aromatic rings.